The van der Waals surface area contributed by atoms with Gasteiger partial charge < -0.3 is 10.5 Å². The molecule has 2 unspecified atom stereocenters. The normalized spacial score (nSPS) is 27.4. The molecule has 1 aliphatic carbocycles. The van der Waals surface area contributed by atoms with E-state index >= 15 is 0 Å². The molecule has 1 saturated heterocycles. The first-order valence-corrected chi connectivity index (χ1v) is 8.12. The Labute approximate surface area is 126 Å². The van der Waals surface area contributed by atoms with Crippen LogP contribution in [0.2, 0.25) is 0 Å². The third-order valence-corrected chi connectivity index (χ3v) is 4.61. The highest BCUT2D eigenvalue weighted by Crippen LogP contribution is 2.27. The lowest BCUT2D eigenvalue weighted by Crippen LogP contribution is -2.42. The fraction of sp³-hybridized carbons (Fsp3) is 0.750. The van der Waals surface area contributed by atoms with E-state index in [0.717, 1.165) is 49.6 Å². The molecule has 1 aliphatic heterocycles. The summed E-state index contributed by atoms with van der Waals surface area (Å²) in [5.41, 5.74) is 8.48. The van der Waals surface area contributed by atoms with Crippen LogP contribution in [0.3, 0.4) is 0 Å². The minimum atomic E-state index is -0.00840. The van der Waals surface area contributed by atoms with Crippen LogP contribution in [-0.4, -0.2) is 40.6 Å². The van der Waals surface area contributed by atoms with Crippen molar-refractivity contribution in [1.29, 1.82) is 0 Å². The molecule has 1 aromatic rings. The van der Waals surface area contributed by atoms with Crippen molar-refractivity contribution in [2.45, 2.75) is 57.7 Å². The number of morpholine rings is 1. The number of fused-ring (bicyclic) bond motifs is 1. The van der Waals surface area contributed by atoms with Crippen molar-refractivity contribution in [1.82, 2.24) is 14.9 Å². The highest BCUT2D eigenvalue weighted by atomic mass is 16.5. The van der Waals surface area contributed by atoms with Crippen LogP contribution in [0, 0.1) is 0 Å². The zero-order valence-corrected chi connectivity index (χ0v) is 13.1. The Morgan fingerprint density at radius 3 is 3.05 bits per heavy atom. The number of nitrogens with two attached hydrogens (primary N) is 1. The van der Waals surface area contributed by atoms with Crippen LogP contribution in [0.5, 0.6) is 0 Å². The molecule has 2 atom stereocenters. The van der Waals surface area contributed by atoms with Gasteiger partial charge in [-0.05, 0) is 33.1 Å². The molecule has 0 aromatic carbocycles. The minimum Gasteiger partial charge on any atom is -0.368 e. The second kappa shape index (κ2) is 6.38. The van der Waals surface area contributed by atoms with E-state index in [1.54, 1.807) is 0 Å². The van der Waals surface area contributed by atoms with Crippen LogP contribution < -0.4 is 5.73 Å². The molecule has 3 rings (SSSR count). The summed E-state index contributed by atoms with van der Waals surface area (Å²) in [7, 11) is 0. The van der Waals surface area contributed by atoms with Gasteiger partial charge in [0.2, 0.25) is 0 Å². The van der Waals surface area contributed by atoms with Crippen molar-refractivity contribution >= 4 is 0 Å². The molecule has 0 radical (unpaired) electrons. The molecule has 2 heterocycles. The molecule has 0 amide bonds. The van der Waals surface area contributed by atoms with E-state index in [1.807, 2.05) is 6.20 Å². The molecule has 5 nitrogen and oxygen atoms in total. The van der Waals surface area contributed by atoms with Gasteiger partial charge in [0.25, 0.3) is 0 Å². The van der Waals surface area contributed by atoms with Crippen LogP contribution in [0.25, 0.3) is 0 Å². The van der Waals surface area contributed by atoms with Gasteiger partial charge in [-0.3, -0.25) is 4.90 Å². The molecule has 1 fully saturated rings. The Kier molecular flexibility index (Phi) is 4.52. The number of aryl methyl sites for hydroxylation is 1. The van der Waals surface area contributed by atoms with Crippen LogP contribution in [0.4, 0.5) is 0 Å². The molecule has 2 N–H and O–H groups in total. The van der Waals surface area contributed by atoms with Crippen molar-refractivity contribution in [3.63, 3.8) is 0 Å². The summed E-state index contributed by atoms with van der Waals surface area (Å²) in [5.74, 6) is 0.827. The lowest BCUT2D eigenvalue weighted by Gasteiger charge is -2.34. The van der Waals surface area contributed by atoms with Gasteiger partial charge in [0.05, 0.1) is 6.61 Å². The summed E-state index contributed by atoms with van der Waals surface area (Å²) in [6, 6.07) is 0.627. The van der Waals surface area contributed by atoms with Crippen molar-refractivity contribution in [3.05, 3.63) is 23.3 Å². The van der Waals surface area contributed by atoms with Gasteiger partial charge in [0.1, 0.15) is 6.10 Å². The fourth-order valence-corrected chi connectivity index (χ4v) is 3.21. The van der Waals surface area contributed by atoms with Gasteiger partial charge in [-0.2, -0.15) is 0 Å². The Morgan fingerprint density at radius 2 is 2.24 bits per heavy atom. The quantitative estimate of drug-likeness (QED) is 0.844. The van der Waals surface area contributed by atoms with E-state index in [1.165, 1.54) is 12.8 Å². The van der Waals surface area contributed by atoms with Crippen LogP contribution in [0.15, 0.2) is 6.20 Å². The summed E-state index contributed by atoms with van der Waals surface area (Å²) in [4.78, 5) is 11.8. The van der Waals surface area contributed by atoms with Crippen molar-refractivity contribution in [2.75, 3.05) is 19.7 Å². The molecular weight excluding hydrogens is 264 g/mol. The molecule has 0 saturated carbocycles. The molecule has 2 aliphatic rings. The van der Waals surface area contributed by atoms with Crippen LogP contribution >= 0.6 is 0 Å². The van der Waals surface area contributed by atoms with Gasteiger partial charge in [0, 0.05) is 42.6 Å². The van der Waals surface area contributed by atoms with Crippen LogP contribution in [0.1, 0.15) is 62.3 Å². The maximum absolute atomic E-state index is 6.22. The first-order chi connectivity index (χ1) is 10.1. The van der Waals surface area contributed by atoms with E-state index in [-0.39, 0.29) is 12.1 Å². The number of hydrogen-bond acceptors (Lipinski definition) is 5. The molecule has 1 aromatic heterocycles. The predicted octanol–water partition coefficient (Wildman–Crippen LogP) is 1.98. The van der Waals surface area contributed by atoms with Crippen molar-refractivity contribution in [2.24, 2.45) is 5.73 Å². The standard InChI is InChI=1S/C16H26N4O/c1-11(2)20-7-8-21-15(10-20)16-18-9-12-13(17)5-3-4-6-14(12)19-16/h9,11,13,15H,3-8,10,17H2,1-2H3. The van der Waals surface area contributed by atoms with E-state index in [2.05, 4.69) is 23.7 Å². The Hall–Kier alpha value is -1.04. The molecule has 21 heavy (non-hydrogen) atoms. The molecular formula is C16H26N4O. The van der Waals surface area contributed by atoms with E-state index in [9.17, 15) is 0 Å². The van der Waals surface area contributed by atoms with Gasteiger partial charge in [-0.15, -0.1) is 0 Å². The minimum absolute atomic E-state index is 0.00840. The first-order valence-electron chi connectivity index (χ1n) is 8.12. The molecule has 0 bridgehead atoms. The number of hydrogen-bond donors (Lipinski definition) is 1. The zero-order chi connectivity index (χ0) is 14.8. The smallest absolute Gasteiger partial charge is 0.158 e. The van der Waals surface area contributed by atoms with E-state index in [0.29, 0.717) is 6.04 Å². The summed E-state index contributed by atoms with van der Waals surface area (Å²) < 4.78 is 5.90. The number of nitrogens with zero attached hydrogens (tertiary/aromatic N) is 3. The average Bonchev–Trinajstić information content (AvgIpc) is 2.69. The highest BCUT2D eigenvalue weighted by Gasteiger charge is 2.27. The third-order valence-electron chi connectivity index (χ3n) is 4.61. The summed E-state index contributed by atoms with van der Waals surface area (Å²) in [6.45, 7) is 7.06. The lowest BCUT2D eigenvalue weighted by molar-refractivity contribution is -0.0443. The largest absolute Gasteiger partial charge is 0.368 e. The maximum atomic E-state index is 6.22. The maximum Gasteiger partial charge on any atom is 0.158 e. The summed E-state index contributed by atoms with van der Waals surface area (Å²) >= 11 is 0. The van der Waals surface area contributed by atoms with Gasteiger partial charge in [-0.1, -0.05) is 6.42 Å². The summed E-state index contributed by atoms with van der Waals surface area (Å²) in [5, 5.41) is 0. The number of ether oxygens (including phenoxy) is 1. The SMILES string of the molecule is CC(C)N1CCOC(c2ncc3c(n2)CCCCC3N)C1. The number of rotatable bonds is 2. The monoisotopic (exact) mass is 290 g/mol. The van der Waals surface area contributed by atoms with Gasteiger partial charge in [-0.25, -0.2) is 9.97 Å². The van der Waals surface area contributed by atoms with E-state index in [4.69, 9.17) is 15.5 Å². The topological polar surface area (TPSA) is 64.3 Å². The second-order valence-corrected chi connectivity index (χ2v) is 6.43. The third kappa shape index (κ3) is 3.25. The first kappa shape index (κ1) is 14.9. The molecule has 5 heteroatoms. The molecule has 116 valence electrons. The fourth-order valence-electron chi connectivity index (χ4n) is 3.21. The van der Waals surface area contributed by atoms with Gasteiger partial charge >= 0.3 is 0 Å². The highest BCUT2D eigenvalue weighted by molar-refractivity contribution is 5.23. The predicted molar refractivity (Wildman–Crippen MR) is 81.9 cm³/mol. The number of aromatic nitrogens is 2. The second-order valence-electron chi connectivity index (χ2n) is 6.43. The van der Waals surface area contributed by atoms with E-state index < -0.39 is 0 Å². The Morgan fingerprint density at radius 1 is 1.38 bits per heavy atom. The zero-order valence-electron chi connectivity index (χ0n) is 13.1. The Balaban J connectivity index is 1.81. The Bertz CT molecular complexity index is 491. The van der Waals surface area contributed by atoms with Crippen molar-refractivity contribution in [3.8, 4) is 0 Å². The van der Waals surface area contributed by atoms with Crippen molar-refractivity contribution < 1.29 is 4.74 Å². The summed E-state index contributed by atoms with van der Waals surface area (Å²) in [6.07, 6.45) is 6.32. The molecule has 0 spiro atoms. The lowest BCUT2D eigenvalue weighted by atomic mass is 10.1. The average molecular weight is 290 g/mol. The van der Waals surface area contributed by atoms with Crippen LogP contribution in [-0.2, 0) is 11.2 Å². The van der Waals surface area contributed by atoms with Gasteiger partial charge in [0.15, 0.2) is 5.82 Å².